The van der Waals surface area contributed by atoms with E-state index in [-0.39, 0.29) is 0 Å². The molecule has 1 rings (SSSR count). The fraction of sp³-hybridized carbons (Fsp3) is 0.923. The second-order valence-electron chi connectivity index (χ2n) is 5.24. The summed E-state index contributed by atoms with van der Waals surface area (Å²) in [6, 6.07) is 2.15. The van der Waals surface area contributed by atoms with E-state index in [4.69, 9.17) is 11.0 Å². The third-order valence-electron chi connectivity index (χ3n) is 3.37. The van der Waals surface area contributed by atoms with Crippen molar-refractivity contribution in [2.24, 2.45) is 5.73 Å². The van der Waals surface area contributed by atoms with Gasteiger partial charge in [0.2, 0.25) is 0 Å². The number of hydrogen-bond donors (Lipinski definition) is 1. The van der Waals surface area contributed by atoms with Gasteiger partial charge in [0.25, 0.3) is 0 Å². The van der Waals surface area contributed by atoms with Crippen LogP contribution in [0.3, 0.4) is 0 Å². The maximum absolute atomic E-state index is 8.79. The molecule has 16 heavy (non-hydrogen) atoms. The molecule has 3 heteroatoms. The van der Waals surface area contributed by atoms with Crippen LogP contribution in [0.25, 0.3) is 0 Å². The van der Waals surface area contributed by atoms with Crippen LogP contribution in [0.2, 0.25) is 0 Å². The minimum atomic E-state index is -0.626. The van der Waals surface area contributed by atoms with Crippen molar-refractivity contribution < 1.29 is 0 Å². The second-order valence-corrected chi connectivity index (χ2v) is 5.24. The van der Waals surface area contributed by atoms with Gasteiger partial charge in [-0.25, -0.2) is 0 Å². The molecule has 0 spiro atoms. The molecule has 1 unspecified atom stereocenters. The normalized spacial score (nSPS) is 22.1. The van der Waals surface area contributed by atoms with Crippen LogP contribution in [-0.2, 0) is 0 Å². The van der Waals surface area contributed by atoms with Crippen LogP contribution in [0.1, 0.15) is 51.9 Å². The molecule has 1 fully saturated rings. The van der Waals surface area contributed by atoms with Crippen molar-refractivity contribution in [1.82, 2.24) is 4.90 Å². The first-order valence-electron chi connectivity index (χ1n) is 6.56. The summed E-state index contributed by atoms with van der Waals surface area (Å²) in [6.45, 7) is 5.52. The summed E-state index contributed by atoms with van der Waals surface area (Å²) < 4.78 is 0. The van der Waals surface area contributed by atoms with E-state index in [9.17, 15) is 0 Å². The lowest BCUT2D eigenvalue weighted by Gasteiger charge is -2.20. The average molecular weight is 223 g/mol. The standard InChI is InChI=1S/C13H25N3/c1-13(15,12-14)8-4-7-11-16-9-5-2-3-6-10-16/h2-11,15H2,1H3. The van der Waals surface area contributed by atoms with Gasteiger partial charge in [0.1, 0.15) is 5.54 Å². The van der Waals surface area contributed by atoms with Crippen LogP contribution in [0.4, 0.5) is 0 Å². The average Bonchev–Trinajstić information content (AvgIpc) is 2.53. The molecule has 1 aliphatic rings. The van der Waals surface area contributed by atoms with Gasteiger partial charge < -0.3 is 10.6 Å². The van der Waals surface area contributed by atoms with Crippen LogP contribution >= 0.6 is 0 Å². The molecular formula is C13H25N3. The van der Waals surface area contributed by atoms with Crippen molar-refractivity contribution in [2.45, 2.75) is 57.4 Å². The van der Waals surface area contributed by atoms with Crippen molar-refractivity contribution in [3.8, 4) is 6.07 Å². The molecule has 1 heterocycles. The molecule has 1 atom stereocenters. The van der Waals surface area contributed by atoms with Crippen molar-refractivity contribution in [3.05, 3.63) is 0 Å². The summed E-state index contributed by atoms with van der Waals surface area (Å²) >= 11 is 0. The Morgan fingerprint density at radius 2 is 1.81 bits per heavy atom. The molecule has 0 aromatic rings. The summed E-state index contributed by atoms with van der Waals surface area (Å²) in [5, 5.41) is 8.79. The number of likely N-dealkylation sites (tertiary alicyclic amines) is 1. The number of nitrogens with zero attached hydrogens (tertiary/aromatic N) is 2. The van der Waals surface area contributed by atoms with E-state index in [0.717, 1.165) is 12.8 Å². The monoisotopic (exact) mass is 223 g/mol. The van der Waals surface area contributed by atoms with Crippen LogP contribution in [0.5, 0.6) is 0 Å². The molecule has 2 N–H and O–H groups in total. The Hall–Kier alpha value is -0.590. The van der Waals surface area contributed by atoms with Crippen molar-refractivity contribution >= 4 is 0 Å². The van der Waals surface area contributed by atoms with Gasteiger partial charge in [0, 0.05) is 0 Å². The molecular weight excluding hydrogens is 198 g/mol. The number of nitriles is 1. The number of unbranched alkanes of at least 4 members (excludes halogenated alkanes) is 1. The maximum atomic E-state index is 8.79. The summed E-state index contributed by atoms with van der Waals surface area (Å²) in [6.07, 6.45) is 8.56. The highest BCUT2D eigenvalue weighted by Crippen LogP contribution is 2.13. The third-order valence-corrected chi connectivity index (χ3v) is 3.37. The third kappa shape index (κ3) is 5.48. The van der Waals surface area contributed by atoms with Crippen molar-refractivity contribution in [1.29, 1.82) is 5.26 Å². The number of nitrogens with two attached hydrogens (primary N) is 1. The van der Waals surface area contributed by atoms with Gasteiger partial charge in [-0.2, -0.15) is 5.26 Å². The van der Waals surface area contributed by atoms with E-state index in [0.29, 0.717) is 0 Å². The van der Waals surface area contributed by atoms with E-state index in [1.165, 1.54) is 51.7 Å². The van der Waals surface area contributed by atoms with Crippen molar-refractivity contribution in [2.75, 3.05) is 19.6 Å². The van der Waals surface area contributed by atoms with Gasteiger partial charge in [-0.15, -0.1) is 0 Å². The van der Waals surface area contributed by atoms with Gasteiger partial charge in [0.15, 0.2) is 0 Å². The first kappa shape index (κ1) is 13.5. The highest BCUT2D eigenvalue weighted by Gasteiger charge is 2.16. The van der Waals surface area contributed by atoms with E-state index in [1.54, 1.807) is 0 Å². The summed E-state index contributed by atoms with van der Waals surface area (Å²) in [5.41, 5.74) is 5.16. The first-order valence-corrected chi connectivity index (χ1v) is 6.56. The lowest BCUT2D eigenvalue weighted by Crippen LogP contribution is -2.34. The molecule has 92 valence electrons. The Bertz CT molecular complexity index is 222. The Balaban J connectivity index is 2.08. The number of rotatable bonds is 5. The molecule has 0 aliphatic carbocycles. The highest BCUT2D eigenvalue weighted by molar-refractivity contribution is 5.00. The van der Waals surface area contributed by atoms with Crippen LogP contribution in [-0.4, -0.2) is 30.1 Å². The van der Waals surface area contributed by atoms with Gasteiger partial charge >= 0.3 is 0 Å². The molecule has 0 bridgehead atoms. The molecule has 0 radical (unpaired) electrons. The molecule has 0 saturated carbocycles. The minimum absolute atomic E-state index is 0.626. The van der Waals surface area contributed by atoms with Crippen LogP contribution < -0.4 is 5.73 Å². The minimum Gasteiger partial charge on any atom is -0.314 e. The Morgan fingerprint density at radius 3 is 2.38 bits per heavy atom. The van der Waals surface area contributed by atoms with Crippen LogP contribution in [0, 0.1) is 11.3 Å². The summed E-state index contributed by atoms with van der Waals surface area (Å²) in [7, 11) is 0. The Labute approximate surface area is 99.6 Å². The van der Waals surface area contributed by atoms with E-state index < -0.39 is 5.54 Å². The maximum Gasteiger partial charge on any atom is 0.101 e. The molecule has 0 aromatic carbocycles. The number of hydrogen-bond acceptors (Lipinski definition) is 3. The lowest BCUT2D eigenvalue weighted by atomic mass is 9.98. The largest absolute Gasteiger partial charge is 0.314 e. The zero-order chi connectivity index (χ0) is 11.9. The lowest BCUT2D eigenvalue weighted by molar-refractivity contribution is 0.275. The SMILES string of the molecule is CC(N)(C#N)CCCCN1CCCCCC1. The molecule has 1 saturated heterocycles. The van der Waals surface area contributed by atoms with Gasteiger partial charge in [-0.05, 0) is 58.7 Å². The van der Waals surface area contributed by atoms with E-state index in [1.807, 2.05) is 6.92 Å². The zero-order valence-corrected chi connectivity index (χ0v) is 10.5. The van der Waals surface area contributed by atoms with E-state index >= 15 is 0 Å². The highest BCUT2D eigenvalue weighted by atomic mass is 15.1. The predicted octanol–water partition coefficient (Wildman–Crippen LogP) is 2.27. The van der Waals surface area contributed by atoms with Crippen molar-refractivity contribution in [3.63, 3.8) is 0 Å². The topological polar surface area (TPSA) is 53.1 Å². The first-order chi connectivity index (χ1) is 7.64. The van der Waals surface area contributed by atoms with Gasteiger partial charge in [-0.1, -0.05) is 12.8 Å². The predicted molar refractivity (Wildman–Crippen MR) is 67.0 cm³/mol. The summed E-state index contributed by atoms with van der Waals surface area (Å²) in [4.78, 5) is 2.56. The quantitative estimate of drug-likeness (QED) is 0.727. The Morgan fingerprint density at radius 1 is 1.19 bits per heavy atom. The zero-order valence-electron chi connectivity index (χ0n) is 10.5. The van der Waals surface area contributed by atoms with Gasteiger partial charge in [-0.3, -0.25) is 0 Å². The molecule has 1 aliphatic heterocycles. The fourth-order valence-corrected chi connectivity index (χ4v) is 2.24. The summed E-state index contributed by atoms with van der Waals surface area (Å²) in [5.74, 6) is 0. The Kier molecular flexibility index (Phi) is 5.79. The second kappa shape index (κ2) is 6.88. The van der Waals surface area contributed by atoms with Crippen LogP contribution in [0.15, 0.2) is 0 Å². The smallest absolute Gasteiger partial charge is 0.101 e. The molecule has 0 amide bonds. The van der Waals surface area contributed by atoms with E-state index in [2.05, 4.69) is 11.0 Å². The van der Waals surface area contributed by atoms with Gasteiger partial charge in [0.05, 0.1) is 6.07 Å². The molecule has 0 aromatic heterocycles. The molecule has 3 nitrogen and oxygen atoms in total. The fourth-order valence-electron chi connectivity index (χ4n) is 2.24.